The predicted molar refractivity (Wildman–Crippen MR) is 50.5 cm³/mol. The zero-order valence-electron chi connectivity index (χ0n) is 6.80. The minimum Gasteiger partial charge on any atom is -0.488 e. The zero-order valence-corrected chi connectivity index (χ0v) is 7.56. The number of hydrogen-bond donors (Lipinski definition) is 1. The van der Waals surface area contributed by atoms with Gasteiger partial charge in [0.2, 0.25) is 0 Å². The maximum absolute atomic E-state index is 6.76. The van der Waals surface area contributed by atoms with Crippen LogP contribution in [0, 0.1) is 12.3 Å². The average Bonchev–Trinajstić information content (AvgIpc) is 2.07. The molecule has 2 nitrogen and oxygen atoms in total. The maximum atomic E-state index is 6.76. The average molecular weight is 184 g/mol. The molecule has 3 heteroatoms. The molecule has 12 heavy (non-hydrogen) atoms. The number of rotatable bonds is 3. The van der Waals surface area contributed by atoms with Gasteiger partial charge in [0.15, 0.2) is 0 Å². The number of ether oxygens (including phenoxy) is 1. The minimum absolute atomic E-state index is 0.291. The predicted octanol–water partition coefficient (Wildman–Crippen LogP) is 2.68. The Morgan fingerprint density at radius 2 is 2.33 bits per heavy atom. The van der Waals surface area contributed by atoms with Crippen LogP contribution >= 0.6 is 11.6 Å². The highest BCUT2D eigenvalue weighted by atomic mass is 35.5. The molecule has 0 atom stereocenters. The molecule has 0 fully saturated rings. The summed E-state index contributed by atoms with van der Waals surface area (Å²) in [5.41, 5.74) is 1.03. The quantitative estimate of drug-likeness (QED) is 0.719. The first-order valence-electron chi connectivity index (χ1n) is 3.62. The Balaban J connectivity index is 2.75. The molecule has 1 aromatic carbocycles. The van der Waals surface area contributed by atoms with Crippen LogP contribution in [0.2, 0.25) is 5.02 Å². The summed E-state index contributed by atoms with van der Waals surface area (Å²) in [6, 6.07) is 5.48. The van der Waals surface area contributed by atoms with E-state index in [0.29, 0.717) is 17.4 Å². The lowest BCUT2D eigenvalue weighted by atomic mass is 10.2. The molecular formula is C9H10ClNO. The second-order valence-corrected chi connectivity index (χ2v) is 2.83. The molecule has 1 aromatic rings. The molecule has 0 unspecified atom stereocenters. The van der Waals surface area contributed by atoms with Crippen molar-refractivity contribution in [2.75, 3.05) is 6.61 Å². The first kappa shape index (κ1) is 9.07. The van der Waals surface area contributed by atoms with E-state index < -0.39 is 0 Å². The summed E-state index contributed by atoms with van der Waals surface area (Å²) in [5.74, 6) is 0.703. The van der Waals surface area contributed by atoms with E-state index in [1.165, 1.54) is 6.21 Å². The largest absolute Gasteiger partial charge is 0.488 e. The molecule has 1 rings (SSSR count). The van der Waals surface area contributed by atoms with Crippen molar-refractivity contribution in [3.8, 4) is 5.75 Å². The van der Waals surface area contributed by atoms with Gasteiger partial charge in [-0.3, -0.25) is 0 Å². The van der Waals surface area contributed by atoms with Gasteiger partial charge in [0.05, 0.1) is 0 Å². The van der Waals surface area contributed by atoms with Gasteiger partial charge >= 0.3 is 0 Å². The van der Waals surface area contributed by atoms with Crippen LogP contribution < -0.4 is 4.74 Å². The number of hydrogen-bond acceptors (Lipinski definition) is 2. The zero-order chi connectivity index (χ0) is 8.97. The van der Waals surface area contributed by atoms with Crippen LogP contribution in [0.1, 0.15) is 5.56 Å². The van der Waals surface area contributed by atoms with Crippen molar-refractivity contribution in [1.29, 1.82) is 5.41 Å². The van der Waals surface area contributed by atoms with E-state index in [0.717, 1.165) is 5.56 Å². The second-order valence-electron chi connectivity index (χ2n) is 2.43. The van der Waals surface area contributed by atoms with E-state index in [1.807, 2.05) is 19.1 Å². The Bertz CT molecular complexity index is 286. The Labute approximate surface area is 76.6 Å². The van der Waals surface area contributed by atoms with Crippen molar-refractivity contribution in [1.82, 2.24) is 0 Å². The lowest BCUT2D eigenvalue weighted by Crippen LogP contribution is -1.96. The van der Waals surface area contributed by atoms with Crippen molar-refractivity contribution >= 4 is 17.8 Å². The third kappa shape index (κ3) is 2.24. The van der Waals surface area contributed by atoms with Crippen LogP contribution in [0.4, 0.5) is 0 Å². The summed E-state index contributed by atoms with van der Waals surface area (Å²) < 4.78 is 5.16. The van der Waals surface area contributed by atoms with E-state index >= 15 is 0 Å². The van der Waals surface area contributed by atoms with E-state index in [2.05, 4.69) is 0 Å². The molecule has 1 N–H and O–H groups in total. The molecular weight excluding hydrogens is 174 g/mol. The van der Waals surface area contributed by atoms with Crippen molar-refractivity contribution in [2.24, 2.45) is 0 Å². The van der Waals surface area contributed by atoms with Crippen molar-refractivity contribution in [3.05, 3.63) is 28.8 Å². The van der Waals surface area contributed by atoms with Crippen LogP contribution in [0.5, 0.6) is 5.75 Å². The summed E-state index contributed by atoms with van der Waals surface area (Å²) in [6.45, 7) is 2.22. The summed E-state index contributed by atoms with van der Waals surface area (Å²) in [5, 5.41) is 7.46. The summed E-state index contributed by atoms with van der Waals surface area (Å²) in [7, 11) is 0. The third-order valence-corrected chi connectivity index (χ3v) is 1.88. The van der Waals surface area contributed by atoms with Gasteiger partial charge in [-0.15, -0.1) is 0 Å². The normalized spacial score (nSPS) is 9.50. The van der Waals surface area contributed by atoms with Gasteiger partial charge in [-0.25, -0.2) is 0 Å². The molecule has 64 valence electrons. The lowest BCUT2D eigenvalue weighted by molar-refractivity contribution is 0.380. The molecule has 0 amide bonds. The standard InChI is InChI=1S/C9H10ClNO/c1-7-2-3-8(6-9(7)10)12-5-4-11/h2-4,6,11H,5H2,1H3. The molecule has 0 aliphatic carbocycles. The first-order valence-corrected chi connectivity index (χ1v) is 3.99. The number of nitrogens with one attached hydrogen (secondary N) is 1. The van der Waals surface area contributed by atoms with Crippen LogP contribution in [0.3, 0.4) is 0 Å². The number of benzene rings is 1. The van der Waals surface area contributed by atoms with Crippen molar-refractivity contribution < 1.29 is 4.74 Å². The fourth-order valence-electron chi connectivity index (χ4n) is 0.801. The molecule has 0 saturated carbocycles. The van der Waals surface area contributed by atoms with E-state index in [-0.39, 0.29) is 0 Å². The Hall–Kier alpha value is -1.02. The molecule has 0 bridgehead atoms. The number of aryl methyl sites for hydroxylation is 1. The lowest BCUT2D eigenvalue weighted by Gasteiger charge is -2.03. The van der Waals surface area contributed by atoms with Gasteiger partial charge in [-0.2, -0.15) is 0 Å². The second kappa shape index (κ2) is 4.12. The van der Waals surface area contributed by atoms with Crippen LogP contribution in [0.25, 0.3) is 0 Å². The fourth-order valence-corrected chi connectivity index (χ4v) is 0.972. The minimum atomic E-state index is 0.291. The van der Waals surface area contributed by atoms with Gasteiger partial charge in [-0.05, 0) is 24.6 Å². The van der Waals surface area contributed by atoms with E-state index in [1.54, 1.807) is 6.07 Å². The maximum Gasteiger partial charge on any atom is 0.123 e. The van der Waals surface area contributed by atoms with Crippen molar-refractivity contribution in [2.45, 2.75) is 6.92 Å². The van der Waals surface area contributed by atoms with Crippen LogP contribution in [-0.2, 0) is 0 Å². The molecule has 0 saturated heterocycles. The van der Waals surface area contributed by atoms with Gasteiger partial charge in [-0.1, -0.05) is 17.7 Å². The van der Waals surface area contributed by atoms with Crippen LogP contribution in [0.15, 0.2) is 18.2 Å². The van der Waals surface area contributed by atoms with Gasteiger partial charge in [0, 0.05) is 11.2 Å². The summed E-state index contributed by atoms with van der Waals surface area (Å²) >= 11 is 5.86. The highest BCUT2D eigenvalue weighted by molar-refractivity contribution is 6.31. The summed E-state index contributed by atoms with van der Waals surface area (Å²) in [4.78, 5) is 0. The number of halogens is 1. The highest BCUT2D eigenvalue weighted by Gasteiger charge is 1.96. The molecule has 0 spiro atoms. The third-order valence-electron chi connectivity index (χ3n) is 1.48. The van der Waals surface area contributed by atoms with Crippen LogP contribution in [-0.4, -0.2) is 12.8 Å². The molecule has 0 aliphatic heterocycles. The molecule has 0 radical (unpaired) electrons. The van der Waals surface area contributed by atoms with Crippen molar-refractivity contribution in [3.63, 3.8) is 0 Å². The Morgan fingerprint density at radius 3 is 2.92 bits per heavy atom. The highest BCUT2D eigenvalue weighted by Crippen LogP contribution is 2.21. The molecule has 0 aromatic heterocycles. The van der Waals surface area contributed by atoms with E-state index in [9.17, 15) is 0 Å². The topological polar surface area (TPSA) is 33.1 Å². The molecule has 0 heterocycles. The fraction of sp³-hybridized carbons (Fsp3) is 0.222. The Kier molecular flexibility index (Phi) is 3.11. The first-order chi connectivity index (χ1) is 5.74. The smallest absolute Gasteiger partial charge is 0.123 e. The van der Waals surface area contributed by atoms with E-state index in [4.69, 9.17) is 21.7 Å². The SMILES string of the molecule is Cc1ccc(OCC=N)cc1Cl. The van der Waals surface area contributed by atoms with Gasteiger partial charge in [0.1, 0.15) is 12.4 Å². The monoisotopic (exact) mass is 183 g/mol. The Morgan fingerprint density at radius 1 is 1.58 bits per heavy atom. The summed E-state index contributed by atoms with van der Waals surface area (Å²) in [6.07, 6.45) is 1.20. The molecule has 0 aliphatic rings. The van der Waals surface area contributed by atoms with Gasteiger partial charge < -0.3 is 10.1 Å². The van der Waals surface area contributed by atoms with Gasteiger partial charge in [0.25, 0.3) is 0 Å².